The van der Waals surface area contributed by atoms with Gasteiger partial charge in [-0.1, -0.05) is 12.0 Å². The molecule has 3 aromatic rings. The second-order valence-corrected chi connectivity index (χ2v) is 10.7. The summed E-state index contributed by atoms with van der Waals surface area (Å²) in [7, 11) is 0. The zero-order valence-corrected chi connectivity index (χ0v) is 20.0. The molecule has 0 radical (unpaired) electrons. The molecule has 0 saturated carbocycles. The Bertz CT molecular complexity index is 1120. The fourth-order valence-electron chi connectivity index (χ4n) is 2.87. The number of carbonyl (C=O) groups is 2. The van der Waals surface area contributed by atoms with E-state index in [9.17, 15) is 14.7 Å². The Morgan fingerprint density at radius 1 is 1.42 bits per heavy atom. The maximum absolute atomic E-state index is 12.1. The van der Waals surface area contributed by atoms with Crippen LogP contribution in [0.5, 0.6) is 0 Å². The monoisotopic (exact) mass is 477 g/mol. The van der Waals surface area contributed by atoms with Crippen LogP contribution in [0, 0.1) is 19.3 Å². The Labute approximate surface area is 192 Å². The van der Waals surface area contributed by atoms with E-state index in [0.29, 0.717) is 11.4 Å². The highest BCUT2D eigenvalue weighted by molar-refractivity contribution is 7.25. The predicted octanol–water partition coefficient (Wildman–Crippen LogP) is 5.48. The molecule has 3 aromatic heterocycles. The van der Waals surface area contributed by atoms with Crippen LogP contribution in [0.3, 0.4) is 0 Å². The zero-order chi connectivity index (χ0) is 22.8. The highest BCUT2D eigenvalue weighted by Gasteiger charge is 2.26. The van der Waals surface area contributed by atoms with Gasteiger partial charge < -0.3 is 15.2 Å². The maximum atomic E-state index is 12.1. The van der Waals surface area contributed by atoms with Crippen LogP contribution in [0.15, 0.2) is 17.5 Å². The van der Waals surface area contributed by atoms with E-state index in [2.05, 4.69) is 15.6 Å². The quantitative estimate of drug-likeness (QED) is 0.459. The van der Waals surface area contributed by atoms with E-state index in [1.165, 1.54) is 39.1 Å². The molecule has 0 spiro atoms. The molecule has 10 heteroatoms. The largest absolute Gasteiger partial charge is 0.465 e. The Balaban J connectivity index is 1.84. The molecule has 0 aliphatic carbocycles. The van der Waals surface area contributed by atoms with Crippen molar-refractivity contribution in [3.63, 3.8) is 0 Å². The molecule has 7 nitrogen and oxygen atoms in total. The third-order valence-electron chi connectivity index (χ3n) is 4.28. The molecule has 164 valence electrons. The number of carbonyl (C=O) groups excluding carboxylic acids is 1. The lowest BCUT2D eigenvalue weighted by Gasteiger charge is -2.21. The standard InChI is InChI=1S/C21H23N3O4S3/c1-6-13(22-19(25)28-21(3,4)5)10-15-12(2)16-17(30-15)18(31-23-16)24(20(26)27)11-14-8-7-9-29-14/h1,7-9,13H,10-11H2,2-5H3,(H,22,25)(H,26,27)/t13-/m0/s1. The molecule has 0 aliphatic heterocycles. The summed E-state index contributed by atoms with van der Waals surface area (Å²) in [6.45, 7) is 7.55. The molecule has 2 amide bonds. The van der Waals surface area contributed by atoms with E-state index in [1.54, 1.807) is 20.8 Å². The van der Waals surface area contributed by atoms with Gasteiger partial charge in [-0.25, -0.2) is 9.59 Å². The molecular weight excluding hydrogens is 454 g/mol. The number of nitrogens with zero attached hydrogens (tertiary/aromatic N) is 2. The summed E-state index contributed by atoms with van der Waals surface area (Å²) in [5.41, 5.74) is 1.09. The predicted molar refractivity (Wildman–Crippen MR) is 126 cm³/mol. The average Bonchev–Trinajstić information content (AvgIpc) is 3.37. The minimum atomic E-state index is -1.03. The molecule has 0 bridgehead atoms. The van der Waals surface area contributed by atoms with Crippen molar-refractivity contribution in [2.75, 3.05) is 4.90 Å². The molecule has 31 heavy (non-hydrogen) atoms. The Kier molecular flexibility index (Phi) is 6.89. The number of terminal acetylenes is 1. The number of rotatable bonds is 6. The van der Waals surface area contributed by atoms with Gasteiger partial charge in [0.1, 0.15) is 16.1 Å². The van der Waals surface area contributed by atoms with Gasteiger partial charge >= 0.3 is 12.2 Å². The summed E-state index contributed by atoms with van der Waals surface area (Å²) < 4.78 is 10.6. The van der Waals surface area contributed by atoms with Crippen molar-refractivity contribution in [3.05, 3.63) is 32.8 Å². The highest BCUT2D eigenvalue weighted by atomic mass is 32.1. The fraction of sp³-hybridized carbons (Fsp3) is 0.381. The van der Waals surface area contributed by atoms with Crippen molar-refractivity contribution in [3.8, 4) is 12.3 Å². The van der Waals surface area contributed by atoms with E-state index in [4.69, 9.17) is 11.2 Å². The molecule has 3 heterocycles. The minimum Gasteiger partial charge on any atom is -0.465 e. The molecule has 3 rings (SSSR count). The molecule has 0 fully saturated rings. The number of nitrogens with one attached hydrogen (secondary N) is 1. The van der Waals surface area contributed by atoms with Crippen LogP contribution in [0.25, 0.3) is 10.2 Å². The number of aryl methyl sites for hydroxylation is 1. The van der Waals surface area contributed by atoms with Crippen molar-refractivity contribution in [2.45, 2.75) is 52.3 Å². The van der Waals surface area contributed by atoms with E-state index in [0.717, 1.165) is 25.5 Å². The summed E-state index contributed by atoms with van der Waals surface area (Å²) in [5.74, 6) is 2.59. The number of anilines is 1. The lowest BCUT2D eigenvalue weighted by Crippen LogP contribution is -2.39. The molecule has 0 aromatic carbocycles. The minimum absolute atomic E-state index is 0.268. The SMILES string of the molecule is C#C[C@@H](Cc1sc2c(N(Cc3cccs3)C(=O)O)snc2c1C)NC(=O)OC(C)(C)C. The van der Waals surface area contributed by atoms with Crippen molar-refractivity contribution in [2.24, 2.45) is 0 Å². The van der Waals surface area contributed by atoms with E-state index in [1.807, 2.05) is 24.4 Å². The van der Waals surface area contributed by atoms with Gasteiger partial charge in [-0.05, 0) is 56.2 Å². The number of hydrogen-bond acceptors (Lipinski definition) is 7. The number of fused-ring (bicyclic) bond motifs is 1. The van der Waals surface area contributed by atoms with Crippen molar-refractivity contribution >= 4 is 61.6 Å². The van der Waals surface area contributed by atoms with Gasteiger partial charge in [0.05, 0.1) is 17.3 Å². The van der Waals surface area contributed by atoms with Crippen molar-refractivity contribution in [1.82, 2.24) is 9.69 Å². The number of amides is 2. The molecule has 0 saturated heterocycles. The Hall–Kier alpha value is -2.61. The van der Waals surface area contributed by atoms with Crippen molar-refractivity contribution in [1.29, 1.82) is 0 Å². The van der Waals surface area contributed by atoms with Crippen LogP contribution in [-0.4, -0.2) is 33.3 Å². The van der Waals surface area contributed by atoms with Gasteiger partial charge in [0, 0.05) is 16.2 Å². The van der Waals surface area contributed by atoms with Gasteiger partial charge in [-0.2, -0.15) is 4.37 Å². The molecular formula is C21H23N3O4S3. The smallest absolute Gasteiger partial charge is 0.412 e. The number of aromatic nitrogens is 1. The first-order valence-electron chi connectivity index (χ1n) is 9.45. The first kappa shape index (κ1) is 23.1. The summed E-state index contributed by atoms with van der Waals surface area (Å²) in [6.07, 6.45) is 4.44. The second kappa shape index (κ2) is 9.26. The number of hydrogen-bond donors (Lipinski definition) is 2. The highest BCUT2D eigenvalue weighted by Crippen LogP contribution is 2.41. The van der Waals surface area contributed by atoms with Crippen LogP contribution in [0.2, 0.25) is 0 Å². The van der Waals surface area contributed by atoms with Crippen molar-refractivity contribution < 1.29 is 19.4 Å². The summed E-state index contributed by atoms with van der Waals surface area (Å²) >= 11 is 4.14. The molecule has 1 atom stereocenters. The van der Waals surface area contributed by atoms with E-state index >= 15 is 0 Å². The molecule has 2 N–H and O–H groups in total. The van der Waals surface area contributed by atoms with E-state index < -0.39 is 23.8 Å². The molecule has 0 unspecified atom stereocenters. The number of thiophene rings is 2. The number of carboxylic acid groups (broad SMARTS) is 1. The van der Waals surface area contributed by atoms with Gasteiger partial charge in [0.25, 0.3) is 0 Å². The van der Waals surface area contributed by atoms with Crippen LogP contribution in [-0.2, 0) is 17.7 Å². The lowest BCUT2D eigenvalue weighted by molar-refractivity contribution is 0.0516. The van der Waals surface area contributed by atoms with Gasteiger partial charge in [-0.3, -0.25) is 4.90 Å². The summed E-state index contributed by atoms with van der Waals surface area (Å²) in [4.78, 5) is 27.3. The third kappa shape index (κ3) is 5.55. The summed E-state index contributed by atoms with van der Waals surface area (Å²) in [6, 6.07) is 3.25. The van der Waals surface area contributed by atoms with Gasteiger partial charge in [0.2, 0.25) is 0 Å². The number of alkyl carbamates (subject to hydrolysis) is 1. The summed E-state index contributed by atoms with van der Waals surface area (Å²) in [5, 5.41) is 15.0. The van der Waals surface area contributed by atoms with Crippen LogP contribution >= 0.6 is 34.2 Å². The lowest BCUT2D eigenvalue weighted by atomic mass is 10.1. The first-order valence-corrected chi connectivity index (χ1v) is 11.9. The average molecular weight is 478 g/mol. The fourth-order valence-corrected chi connectivity index (χ4v) is 5.93. The van der Waals surface area contributed by atoms with Gasteiger partial charge in [0.15, 0.2) is 0 Å². The van der Waals surface area contributed by atoms with Gasteiger partial charge in [-0.15, -0.1) is 29.1 Å². The third-order valence-corrected chi connectivity index (χ3v) is 7.45. The zero-order valence-electron chi connectivity index (χ0n) is 17.6. The van der Waals surface area contributed by atoms with Crippen LogP contribution < -0.4 is 10.2 Å². The Morgan fingerprint density at radius 2 is 2.16 bits per heavy atom. The van der Waals surface area contributed by atoms with Crippen LogP contribution in [0.4, 0.5) is 14.6 Å². The normalized spacial score (nSPS) is 12.4. The van der Waals surface area contributed by atoms with E-state index in [-0.39, 0.29) is 6.54 Å². The maximum Gasteiger partial charge on any atom is 0.412 e. The Morgan fingerprint density at radius 3 is 2.74 bits per heavy atom. The molecule has 0 aliphatic rings. The number of ether oxygens (including phenoxy) is 1. The second-order valence-electron chi connectivity index (χ2n) is 7.83. The van der Waals surface area contributed by atoms with Crippen LogP contribution in [0.1, 0.15) is 36.1 Å². The first-order chi connectivity index (χ1) is 14.6. The topological polar surface area (TPSA) is 91.8 Å².